The minimum absolute atomic E-state index is 0.0939. The van der Waals surface area contributed by atoms with Gasteiger partial charge in [0.05, 0.1) is 5.56 Å². The van der Waals surface area contributed by atoms with Gasteiger partial charge < -0.3 is 0 Å². The molecule has 3 rings (SSSR count). The Morgan fingerprint density at radius 3 is 2.78 bits per heavy atom. The molecular weight excluding hydrogens is 252 g/mol. The van der Waals surface area contributed by atoms with Crippen LogP contribution in [0.15, 0.2) is 23.4 Å². The summed E-state index contributed by atoms with van der Waals surface area (Å²) in [4.78, 5) is 15.9. The van der Waals surface area contributed by atoms with Crippen LogP contribution in [0.25, 0.3) is 0 Å². The van der Waals surface area contributed by atoms with Crippen molar-refractivity contribution in [2.24, 2.45) is 5.92 Å². The van der Waals surface area contributed by atoms with E-state index in [9.17, 15) is 13.2 Å². The Balaban J connectivity index is 1.86. The monoisotopic (exact) mass is 266 g/mol. The molecule has 2 heterocycles. The number of pyridine rings is 1. The highest BCUT2D eigenvalue weighted by molar-refractivity contribution is 7.90. The summed E-state index contributed by atoms with van der Waals surface area (Å²) in [6.07, 6.45) is 5.67. The third-order valence-corrected chi connectivity index (χ3v) is 5.47. The lowest BCUT2D eigenvalue weighted by molar-refractivity contribution is 0.0861. The molecule has 0 N–H and O–H groups in total. The number of fused-ring (bicyclic) bond motifs is 1. The first-order valence-electron chi connectivity index (χ1n) is 6.13. The van der Waals surface area contributed by atoms with E-state index in [4.69, 9.17) is 0 Å². The van der Waals surface area contributed by atoms with Crippen molar-refractivity contribution in [3.05, 3.63) is 23.9 Å². The van der Waals surface area contributed by atoms with E-state index in [2.05, 4.69) is 4.98 Å². The zero-order valence-electron chi connectivity index (χ0n) is 9.87. The summed E-state index contributed by atoms with van der Waals surface area (Å²) in [6, 6.07) is 3.10. The molecule has 0 saturated heterocycles. The Kier molecular flexibility index (Phi) is 2.62. The van der Waals surface area contributed by atoms with Gasteiger partial charge in [0.1, 0.15) is 0 Å². The second-order valence-electron chi connectivity index (χ2n) is 4.82. The second-order valence-corrected chi connectivity index (χ2v) is 6.60. The van der Waals surface area contributed by atoms with Gasteiger partial charge >= 0.3 is 0 Å². The first-order valence-corrected chi connectivity index (χ1v) is 7.57. The topological polar surface area (TPSA) is 67.3 Å². The largest absolute Gasteiger partial charge is 0.285 e. The molecule has 0 bridgehead atoms. The van der Waals surface area contributed by atoms with Crippen LogP contribution >= 0.6 is 0 Å². The Morgan fingerprint density at radius 1 is 1.39 bits per heavy atom. The molecule has 0 radical (unpaired) electrons. The van der Waals surface area contributed by atoms with Crippen LogP contribution in [0, 0.1) is 5.92 Å². The van der Waals surface area contributed by atoms with Crippen LogP contribution in [0.1, 0.15) is 36.0 Å². The Bertz CT molecular complexity index is 593. The number of carbonyl (C=O) groups is 1. The molecule has 0 atom stereocenters. The predicted octanol–water partition coefficient (Wildman–Crippen LogP) is 1.42. The van der Waals surface area contributed by atoms with E-state index in [0.29, 0.717) is 5.92 Å². The SMILES string of the molecule is O=C1c2cccnc2S(=O)(=O)N1CCC1CCC1. The number of hydrogen-bond acceptors (Lipinski definition) is 4. The average Bonchev–Trinajstić information content (AvgIpc) is 2.49. The van der Waals surface area contributed by atoms with Gasteiger partial charge in [0.15, 0.2) is 5.03 Å². The van der Waals surface area contributed by atoms with E-state index >= 15 is 0 Å². The van der Waals surface area contributed by atoms with E-state index < -0.39 is 15.9 Å². The van der Waals surface area contributed by atoms with Crippen molar-refractivity contribution in [2.75, 3.05) is 6.54 Å². The van der Waals surface area contributed by atoms with Gasteiger partial charge in [0.2, 0.25) is 0 Å². The van der Waals surface area contributed by atoms with Crippen molar-refractivity contribution in [1.29, 1.82) is 0 Å². The van der Waals surface area contributed by atoms with Gasteiger partial charge in [-0.15, -0.1) is 0 Å². The molecule has 1 aliphatic heterocycles. The Morgan fingerprint density at radius 2 is 2.17 bits per heavy atom. The molecule has 96 valence electrons. The van der Waals surface area contributed by atoms with Crippen LogP contribution in [0.5, 0.6) is 0 Å². The maximum Gasteiger partial charge on any atom is 0.285 e. The van der Waals surface area contributed by atoms with Gasteiger partial charge in [-0.25, -0.2) is 9.29 Å². The molecule has 1 aromatic heterocycles. The summed E-state index contributed by atoms with van der Waals surface area (Å²) < 4.78 is 25.3. The van der Waals surface area contributed by atoms with Crippen molar-refractivity contribution in [1.82, 2.24) is 9.29 Å². The fourth-order valence-corrected chi connectivity index (χ4v) is 3.91. The third kappa shape index (κ3) is 1.63. The molecule has 0 spiro atoms. The fourth-order valence-electron chi connectivity index (χ4n) is 2.41. The van der Waals surface area contributed by atoms with Crippen molar-refractivity contribution in [2.45, 2.75) is 30.7 Å². The smallest absolute Gasteiger partial charge is 0.268 e. The van der Waals surface area contributed by atoms with E-state index in [0.717, 1.165) is 23.6 Å². The van der Waals surface area contributed by atoms with Crippen molar-refractivity contribution in [3.63, 3.8) is 0 Å². The molecule has 0 unspecified atom stereocenters. The van der Waals surface area contributed by atoms with Gasteiger partial charge in [-0.3, -0.25) is 4.79 Å². The average molecular weight is 266 g/mol. The highest BCUT2D eigenvalue weighted by Gasteiger charge is 2.42. The number of sulfonamides is 1. The lowest BCUT2D eigenvalue weighted by atomic mass is 9.83. The zero-order chi connectivity index (χ0) is 12.8. The summed E-state index contributed by atoms with van der Waals surface area (Å²) in [5.41, 5.74) is 0.200. The van der Waals surface area contributed by atoms with Gasteiger partial charge in [-0.05, 0) is 24.5 Å². The highest BCUT2D eigenvalue weighted by Crippen LogP contribution is 2.33. The number of hydrogen-bond donors (Lipinski definition) is 0. The maximum atomic E-state index is 12.2. The first-order chi connectivity index (χ1) is 8.60. The third-order valence-electron chi connectivity index (χ3n) is 3.73. The predicted molar refractivity (Wildman–Crippen MR) is 64.4 cm³/mol. The second kappa shape index (κ2) is 4.05. The Hall–Kier alpha value is -1.43. The molecule has 6 heteroatoms. The van der Waals surface area contributed by atoms with Crippen LogP contribution in [0.4, 0.5) is 0 Å². The van der Waals surface area contributed by atoms with E-state index in [-0.39, 0.29) is 17.1 Å². The van der Waals surface area contributed by atoms with Crippen molar-refractivity contribution in [3.8, 4) is 0 Å². The van der Waals surface area contributed by atoms with E-state index in [1.807, 2.05) is 0 Å². The van der Waals surface area contributed by atoms with Gasteiger partial charge in [-0.1, -0.05) is 19.3 Å². The quantitative estimate of drug-likeness (QED) is 0.829. The molecule has 1 fully saturated rings. The first kappa shape index (κ1) is 11.6. The van der Waals surface area contributed by atoms with Gasteiger partial charge in [-0.2, -0.15) is 8.42 Å². The molecule has 1 amide bonds. The summed E-state index contributed by atoms with van der Waals surface area (Å²) >= 11 is 0. The molecule has 5 nitrogen and oxygen atoms in total. The minimum atomic E-state index is -3.70. The number of amides is 1. The van der Waals surface area contributed by atoms with Crippen LogP contribution in [0.3, 0.4) is 0 Å². The molecule has 1 aliphatic carbocycles. The number of nitrogens with zero attached hydrogens (tertiary/aromatic N) is 2. The van der Waals surface area contributed by atoms with Crippen LogP contribution in [0.2, 0.25) is 0 Å². The molecule has 18 heavy (non-hydrogen) atoms. The molecular formula is C12H14N2O3S. The van der Waals surface area contributed by atoms with Crippen LogP contribution in [-0.4, -0.2) is 30.2 Å². The number of aromatic nitrogens is 1. The van der Waals surface area contributed by atoms with Gasteiger partial charge in [0.25, 0.3) is 15.9 Å². The fraction of sp³-hybridized carbons (Fsp3) is 0.500. The maximum absolute atomic E-state index is 12.2. The van der Waals surface area contributed by atoms with Crippen LogP contribution in [-0.2, 0) is 10.0 Å². The standard InChI is InChI=1S/C12H14N2O3S/c15-12-10-5-2-7-13-11(10)18(16,17)14(12)8-6-9-3-1-4-9/h2,5,7,9H,1,3-4,6,8H2. The molecule has 0 aromatic carbocycles. The lowest BCUT2D eigenvalue weighted by Gasteiger charge is -2.26. The lowest BCUT2D eigenvalue weighted by Crippen LogP contribution is -2.33. The Labute approximate surface area is 106 Å². The summed E-state index contributed by atoms with van der Waals surface area (Å²) in [7, 11) is -3.70. The minimum Gasteiger partial charge on any atom is -0.268 e. The number of carbonyl (C=O) groups excluding carboxylic acids is 1. The highest BCUT2D eigenvalue weighted by atomic mass is 32.2. The normalized spacial score (nSPS) is 21.8. The summed E-state index contributed by atoms with van der Waals surface area (Å²) in [6.45, 7) is 0.280. The van der Waals surface area contributed by atoms with Crippen LogP contribution < -0.4 is 0 Å². The van der Waals surface area contributed by atoms with Gasteiger partial charge in [0, 0.05) is 12.7 Å². The van der Waals surface area contributed by atoms with E-state index in [1.54, 1.807) is 6.07 Å². The van der Waals surface area contributed by atoms with Crippen molar-refractivity contribution >= 4 is 15.9 Å². The van der Waals surface area contributed by atoms with Crippen molar-refractivity contribution < 1.29 is 13.2 Å². The molecule has 2 aliphatic rings. The number of rotatable bonds is 3. The zero-order valence-corrected chi connectivity index (χ0v) is 10.7. The summed E-state index contributed by atoms with van der Waals surface area (Å²) in [5, 5.41) is -0.0939. The summed E-state index contributed by atoms with van der Waals surface area (Å²) in [5.74, 6) is 0.141. The molecule has 1 aromatic rings. The molecule has 1 saturated carbocycles. The van der Waals surface area contributed by atoms with E-state index in [1.165, 1.54) is 18.7 Å².